The summed E-state index contributed by atoms with van der Waals surface area (Å²) >= 11 is 0. The number of rotatable bonds is 11. The summed E-state index contributed by atoms with van der Waals surface area (Å²) < 4.78 is 0. The highest BCUT2D eigenvalue weighted by Gasteiger charge is 2.65. The molecule has 2 aliphatic rings. The van der Waals surface area contributed by atoms with Crippen LogP contribution in [0.1, 0.15) is 51.4 Å². The summed E-state index contributed by atoms with van der Waals surface area (Å²) in [4.78, 5) is 5.17. The first-order valence-corrected chi connectivity index (χ1v) is 35.3. The van der Waals surface area contributed by atoms with E-state index >= 15 is 0 Å². The molecule has 101 heavy (non-hydrogen) atoms. The molecule has 0 heterocycles. The molecule has 2 nitrogen and oxygen atoms in total. The Morgan fingerprint density at radius 3 is 1.10 bits per heavy atom. The number of anilines is 6. The Morgan fingerprint density at radius 1 is 0.257 bits per heavy atom. The summed E-state index contributed by atoms with van der Waals surface area (Å²) in [5.74, 6) is 0. The highest BCUT2D eigenvalue weighted by atomic mass is 15.2. The number of hydrogen-bond donors (Lipinski definition) is 0. The minimum atomic E-state index is -1.08. The second kappa shape index (κ2) is 21.8. The van der Waals surface area contributed by atoms with E-state index in [2.05, 4.69) is 375 Å². The molecule has 2 atom stereocenters. The van der Waals surface area contributed by atoms with Crippen LogP contribution in [-0.4, -0.2) is 0 Å². The Bertz CT molecular complexity index is 6640. The van der Waals surface area contributed by atoms with Gasteiger partial charge < -0.3 is 9.80 Å². The van der Waals surface area contributed by atoms with Crippen molar-refractivity contribution in [3.05, 3.63) is 397 Å². The first-order valence-electron chi connectivity index (χ1n) is 35.3. The zero-order chi connectivity index (χ0) is 66.7. The minimum absolute atomic E-state index is 1.05. The smallest absolute Gasteiger partial charge is 0.0642 e. The van der Waals surface area contributed by atoms with Gasteiger partial charge >= 0.3 is 0 Å². The van der Waals surface area contributed by atoms with E-state index in [0.29, 0.717) is 0 Å². The molecule has 0 spiro atoms. The fourth-order valence-electron chi connectivity index (χ4n) is 19.2. The van der Waals surface area contributed by atoms with Crippen molar-refractivity contribution in [2.45, 2.75) is 17.8 Å². The van der Waals surface area contributed by atoms with E-state index in [9.17, 15) is 0 Å². The molecule has 21 rings (SSSR count). The lowest BCUT2D eigenvalue weighted by molar-refractivity contribution is 0.438. The Kier molecular flexibility index (Phi) is 12.4. The van der Waals surface area contributed by atoms with Gasteiger partial charge in [-0.15, -0.1) is 0 Å². The second-order valence-corrected chi connectivity index (χ2v) is 27.6. The van der Waals surface area contributed by atoms with Gasteiger partial charge in [-0.05, 0) is 197 Å². The Labute approximate surface area is 586 Å². The van der Waals surface area contributed by atoms with Crippen molar-refractivity contribution in [2.75, 3.05) is 9.80 Å². The third-order valence-electron chi connectivity index (χ3n) is 22.9. The maximum absolute atomic E-state index is 4.97. The number of hydrogen-bond acceptors (Lipinski definition) is 2. The zero-order valence-electron chi connectivity index (χ0n) is 55.7. The summed E-state index contributed by atoms with van der Waals surface area (Å²) in [5.41, 5.74) is 18.7. The minimum Gasteiger partial charge on any atom is -0.309 e. The molecular formula is C99H64N2. The Balaban J connectivity index is 0.982. The zero-order valence-corrected chi connectivity index (χ0v) is 55.7. The van der Waals surface area contributed by atoms with Gasteiger partial charge in [0.1, 0.15) is 0 Å². The maximum Gasteiger partial charge on any atom is 0.0642 e. The van der Waals surface area contributed by atoms with Crippen molar-refractivity contribution < 1.29 is 0 Å². The Hall–Kier alpha value is -12.9. The largest absolute Gasteiger partial charge is 0.309 e. The van der Waals surface area contributed by atoms with Crippen LogP contribution in [0.5, 0.6) is 0 Å². The monoisotopic (exact) mass is 1280 g/mol. The summed E-state index contributed by atoms with van der Waals surface area (Å²) in [6.45, 7) is 7.13. The third kappa shape index (κ3) is 7.71. The lowest BCUT2D eigenvalue weighted by Crippen LogP contribution is -2.50. The van der Waals surface area contributed by atoms with Gasteiger partial charge in [0.15, 0.2) is 0 Å². The van der Waals surface area contributed by atoms with Crippen LogP contribution in [0.25, 0.3) is 131 Å². The van der Waals surface area contributed by atoms with Crippen LogP contribution in [0.3, 0.4) is 0 Å². The number of fused-ring (bicyclic) bond motifs is 12. The van der Waals surface area contributed by atoms with Gasteiger partial charge in [-0.1, -0.05) is 316 Å². The van der Waals surface area contributed by atoms with Gasteiger partial charge in [-0.2, -0.15) is 0 Å². The SMILES string of the molecule is C=Cc1c(/C=C\C)c(N(c2ccccc2)c2ccc3ccc4cccc5ccc2c3c45)cc2c1-c1c(ccc3ccccc13)C2(c1ccccc1)C1(c2ccccc2)c2ccc3ccccc3c2-c2c1cc(N(c1ccccc1)c1ccc3ccc4cccc5ccc1c3c45)c1ccccc21. The predicted molar refractivity (Wildman–Crippen MR) is 430 cm³/mol. The Morgan fingerprint density at radius 2 is 0.614 bits per heavy atom. The van der Waals surface area contributed by atoms with Gasteiger partial charge in [-0.25, -0.2) is 0 Å². The van der Waals surface area contributed by atoms with E-state index in [1.165, 1.54) is 147 Å². The summed E-state index contributed by atoms with van der Waals surface area (Å²) in [5, 5.41) is 22.0. The van der Waals surface area contributed by atoms with Gasteiger partial charge in [0, 0.05) is 33.1 Å². The lowest BCUT2D eigenvalue weighted by Gasteiger charge is -2.51. The molecule has 19 aromatic rings. The van der Waals surface area contributed by atoms with E-state index in [4.69, 9.17) is 6.58 Å². The molecule has 0 saturated carbocycles. The van der Waals surface area contributed by atoms with Crippen molar-refractivity contribution in [1.29, 1.82) is 0 Å². The first kappa shape index (κ1) is 57.2. The average Bonchev–Trinajstić information content (AvgIpc) is 1.47. The highest BCUT2D eigenvalue weighted by Crippen LogP contribution is 2.73. The molecule has 470 valence electrons. The molecule has 2 aliphatic carbocycles. The molecule has 0 bridgehead atoms. The average molecular weight is 1280 g/mol. The van der Waals surface area contributed by atoms with Crippen molar-refractivity contribution >= 4 is 143 Å². The van der Waals surface area contributed by atoms with Crippen LogP contribution in [0.2, 0.25) is 0 Å². The van der Waals surface area contributed by atoms with Crippen LogP contribution in [0.15, 0.2) is 352 Å². The number of para-hydroxylation sites is 2. The molecule has 0 aliphatic heterocycles. The quantitative estimate of drug-likeness (QED) is 0.119. The molecule has 0 saturated heterocycles. The van der Waals surface area contributed by atoms with E-state index in [1.54, 1.807) is 0 Å². The molecule has 2 unspecified atom stereocenters. The van der Waals surface area contributed by atoms with Gasteiger partial charge in [0.2, 0.25) is 0 Å². The van der Waals surface area contributed by atoms with Gasteiger partial charge in [0.25, 0.3) is 0 Å². The fourth-order valence-corrected chi connectivity index (χ4v) is 19.2. The number of allylic oxidation sites excluding steroid dienone is 1. The standard InChI is InChI=1S/C99H64N2/c1-3-25-77-74(4-2)94-84(60-88(77)100(72-36-13-7-14-37-72)86-58-52-68-46-44-64-28-23-30-66-48-54-80(86)92(68)90(64)66)98(70-32-9-5-10-33-70,82-56-50-62-26-17-19-40-75(62)95(82)94)99(71-34-11-6-12-35-71)83-57-51-63-27-18-20-41-76(63)96(83)97-79-43-22-21-42-78(79)89(61-85(97)99)101(73-38-15-8-16-39-73)87-59-53-69-47-45-65-29-24-31-67-49-55-81(87)93(69)91(65)67/h3-61H,2H2,1H3/b25-3-. The van der Waals surface area contributed by atoms with Crippen LogP contribution in [-0.2, 0) is 10.8 Å². The molecule has 19 aromatic carbocycles. The van der Waals surface area contributed by atoms with Crippen molar-refractivity contribution in [3.8, 4) is 22.3 Å². The topological polar surface area (TPSA) is 6.48 Å². The summed E-state index contributed by atoms with van der Waals surface area (Å²) in [6, 6.07) is 130. The molecule has 2 heteroatoms. The predicted octanol–water partition coefficient (Wildman–Crippen LogP) is 26.9. The molecule has 0 aromatic heterocycles. The summed E-state index contributed by atoms with van der Waals surface area (Å²) in [7, 11) is 0. The molecule has 0 N–H and O–H groups in total. The van der Waals surface area contributed by atoms with Crippen molar-refractivity contribution in [1.82, 2.24) is 0 Å². The van der Waals surface area contributed by atoms with E-state index in [1.807, 2.05) is 0 Å². The molecule has 0 fully saturated rings. The van der Waals surface area contributed by atoms with Crippen LogP contribution < -0.4 is 9.80 Å². The second-order valence-electron chi connectivity index (χ2n) is 27.6. The molecular weight excluding hydrogens is 1220 g/mol. The van der Waals surface area contributed by atoms with E-state index < -0.39 is 10.8 Å². The fraction of sp³-hybridized carbons (Fsp3) is 0.0303. The van der Waals surface area contributed by atoms with Crippen LogP contribution in [0, 0.1) is 0 Å². The molecule has 0 radical (unpaired) electrons. The lowest BCUT2D eigenvalue weighted by atomic mass is 9.49. The molecule has 0 amide bonds. The number of benzene rings is 19. The highest BCUT2D eigenvalue weighted by molar-refractivity contribution is 6.28. The maximum atomic E-state index is 4.97. The van der Waals surface area contributed by atoms with E-state index in [0.717, 1.165) is 50.6 Å². The van der Waals surface area contributed by atoms with Crippen LogP contribution in [0.4, 0.5) is 34.1 Å². The van der Waals surface area contributed by atoms with E-state index in [-0.39, 0.29) is 0 Å². The number of nitrogens with zero attached hydrogens (tertiary/aromatic N) is 2. The van der Waals surface area contributed by atoms with Gasteiger partial charge in [-0.3, -0.25) is 0 Å². The van der Waals surface area contributed by atoms with Gasteiger partial charge in [0.05, 0.1) is 33.6 Å². The normalized spacial score (nSPS) is 15.5. The third-order valence-corrected chi connectivity index (χ3v) is 22.9. The van der Waals surface area contributed by atoms with Crippen LogP contribution >= 0.6 is 0 Å². The van der Waals surface area contributed by atoms with Crippen molar-refractivity contribution in [3.63, 3.8) is 0 Å². The van der Waals surface area contributed by atoms with Crippen molar-refractivity contribution in [2.24, 2.45) is 0 Å². The first-order chi connectivity index (χ1) is 50.1. The summed E-state index contributed by atoms with van der Waals surface area (Å²) in [6.07, 6.45) is 6.75.